The zero-order valence-electron chi connectivity index (χ0n) is 15.4. The molecule has 0 unspecified atom stereocenters. The molecule has 29 heavy (non-hydrogen) atoms. The molecule has 0 saturated carbocycles. The Morgan fingerprint density at radius 3 is 2.45 bits per heavy atom. The van der Waals surface area contributed by atoms with Gasteiger partial charge in [0.05, 0.1) is 23.4 Å². The number of carboxylic acid groups (broad SMARTS) is 1. The highest BCUT2D eigenvalue weighted by atomic mass is 35.5. The van der Waals surface area contributed by atoms with Crippen molar-refractivity contribution in [2.75, 3.05) is 7.11 Å². The van der Waals surface area contributed by atoms with Crippen molar-refractivity contribution in [1.29, 1.82) is 0 Å². The highest BCUT2D eigenvalue weighted by molar-refractivity contribution is 6.36. The first-order valence-electron chi connectivity index (χ1n) is 8.58. The van der Waals surface area contributed by atoms with Crippen molar-refractivity contribution in [3.8, 4) is 11.5 Å². The quantitative estimate of drug-likeness (QED) is 0.465. The first-order valence-corrected chi connectivity index (χ1v) is 9.34. The van der Waals surface area contributed by atoms with Crippen molar-refractivity contribution in [3.63, 3.8) is 0 Å². The van der Waals surface area contributed by atoms with Gasteiger partial charge in [0.1, 0.15) is 6.61 Å². The van der Waals surface area contributed by atoms with Crippen molar-refractivity contribution in [1.82, 2.24) is 0 Å². The summed E-state index contributed by atoms with van der Waals surface area (Å²) in [4.78, 5) is 15.3. The van der Waals surface area contributed by atoms with Crippen LogP contribution in [0.2, 0.25) is 10.0 Å². The molecule has 0 spiro atoms. The van der Waals surface area contributed by atoms with E-state index in [0.29, 0.717) is 27.2 Å². The van der Waals surface area contributed by atoms with Gasteiger partial charge in [-0.1, -0.05) is 35.3 Å². The number of benzene rings is 3. The van der Waals surface area contributed by atoms with Crippen LogP contribution in [0.5, 0.6) is 11.5 Å². The highest BCUT2D eigenvalue weighted by Gasteiger charge is 2.07. The molecular weight excluding hydrogens is 413 g/mol. The fraction of sp³-hybridized carbons (Fsp3) is 0.0909. The van der Waals surface area contributed by atoms with Crippen molar-refractivity contribution >= 4 is 41.1 Å². The zero-order valence-corrected chi connectivity index (χ0v) is 16.9. The summed E-state index contributed by atoms with van der Waals surface area (Å²) in [5.41, 5.74) is 2.50. The molecule has 0 aliphatic rings. The van der Waals surface area contributed by atoms with Crippen LogP contribution in [-0.4, -0.2) is 24.4 Å². The standard InChI is InChI=1S/C22H17Cl2NO4/c1-28-21-10-15(12-25-19-8-7-17(23)11-18(19)24)4-9-20(21)29-13-14-2-5-16(6-3-14)22(26)27/h2-12H,13H2,1H3,(H,26,27). The van der Waals surface area contributed by atoms with E-state index in [9.17, 15) is 4.79 Å². The smallest absolute Gasteiger partial charge is 0.335 e. The lowest BCUT2D eigenvalue weighted by molar-refractivity contribution is 0.0697. The molecule has 0 aromatic heterocycles. The molecule has 0 aliphatic carbocycles. The summed E-state index contributed by atoms with van der Waals surface area (Å²) >= 11 is 12.0. The monoisotopic (exact) mass is 429 g/mol. The number of nitrogens with zero attached hydrogens (tertiary/aromatic N) is 1. The molecule has 5 nitrogen and oxygen atoms in total. The molecule has 0 bridgehead atoms. The van der Waals surface area contributed by atoms with Crippen LogP contribution < -0.4 is 9.47 Å². The Kier molecular flexibility index (Phi) is 6.75. The van der Waals surface area contributed by atoms with Crippen LogP contribution in [0.15, 0.2) is 65.7 Å². The van der Waals surface area contributed by atoms with Gasteiger partial charge in [0, 0.05) is 11.2 Å². The molecule has 1 N–H and O–H groups in total. The molecule has 7 heteroatoms. The zero-order chi connectivity index (χ0) is 20.8. The van der Waals surface area contributed by atoms with Gasteiger partial charge in [-0.3, -0.25) is 4.99 Å². The van der Waals surface area contributed by atoms with E-state index in [1.165, 1.54) is 0 Å². The molecule has 3 aromatic rings. The summed E-state index contributed by atoms with van der Waals surface area (Å²) in [6.07, 6.45) is 1.67. The van der Waals surface area contributed by atoms with Gasteiger partial charge in [-0.25, -0.2) is 4.79 Å². The van der Waals surface area contributed by atoms with Gasteiger partial charge < -0.3 is 14.6 Å². The molecule has 0 radical (unpaired) electrons. The largest absolute Gasteiger partial charge is 0.493 e. The van der Waals surface area contributed by atoms with Crippen LogP contribution in [0.4, 0.5) is 5.69 Å². The molecule has 0 atom stereocenters. The van der Waals surface area contributed by atoms with Crippen LogP contribution in [-0.2, 0) is 6.61 Å². The van der Waals surface area contributed by atoms with Gasteiger partial charge in [-0.05, 0) is 59.7 Å². The number of carbonyl (C=O) groups is 1. The minimum Gasteiger partial charge on any atom is -0.493 e. The fourth-order valence-corrected chi connectivity index (χ4v) is 2.98. The third-order valence-electron chi connectivity index (χ3n) is 4.05. The topological polar surface area (TPSA) is 68.1 Å². The van der Waals surface area contributed by atoms with E-state index >= 15 is 0 Å². The Hall–Kier alpha value is -3.02. The Bertz CT molecular complexity index is 1050. The number of hydrogen-bond donors (Lipinski definition) is 1. The lowest BCUT2D eigenvalue weighted by atomic mass is 10.1. The van der Waals surface area contributed by atoms with Gasteiger partial charge in [-0.15, -0.1) is 0 Å². The summed E-state index contributed by atoms with van der Waals surface area (Å²) in [6, 6.07) is 17.0. The predicted octanol–water partition coefficient (Wildman–Crippen LogP) is 6.03. The first-order chi connectivity index (χ1) is 14.0. The molecule has 0 fully saturated rings. The molecule has 0 amide bonds. The molecule has 0 heterocycles. The van der Waals surface area contributed by atoms with Gasteiger partial charge >= 0.3 is 5.97 Å². The number of rotatable bonds is 7. The van der Waals surface area contributed by atoms with Crippen molar-refractivity contribution in [2.45, 2.75) is 6.61 Å². The van der Waals surface area contributed by atoms with Crippen LogP contribution in [0.3, 0.4) is 0 Å². The third-order valence-corrected chi connectivity index (χ3v) is 4.58. The number of carboxylic acids is 1. The Morgan fingerprint density at radius 2 is 1.79 bits per heavy atom. The summed E-state index contributed by atoms with van der Waals surface area (Å²) in [5, 5.41) is 9.97. The van der Waals surface area contributed by atoms with Gasteiger partial charge in [0.2, 0.25) is 0 Å². The Morgan fingerprint density at radius 1 is 1.03 bits per heavy atom. The van der Waals surface area contributed by atoms with Crippen LogP contribution in [0.1, 0.15) is 21.5 Å². The summed E-state index contributed by atoms with van der Waals surface area (Å²) in [6.45, 7) is 0.282. The van der Waals surface area contributed by atoms with E-state index in [4.69, 9.17) is 37.8 Å². The van der Waals surface area contributed by atoms with Crippen LogP contribution >= 0.6 is 23.2 Å². The van der Waals surface area contributed by atoms with Crippen LogP contribution in [0, 0.1) is 0 Å². The van der Waals surface area contributed by atoms with E-state index in [1.54, 1.807) is 67.9 Å². The summed E-state index contributed by atoms with van der Waals surface area (Å²) in [5.74, 6) is 0.158. The van der Waals surface area contributed by atoms with Gasteiger partial charge in [0.15, 0.2) is 11.5 Å². The average Bonchev–Trinajstić information content (AvgIpc) is 2.72. The maximum Gasteiger partial charge on any atom is 0.335 e. The van der Waals surface area contributed by atoms with E-state index in [1.807, 2.05) is 6.07 Å². The van der Waals surface area contributed by atoms with E-state index < -0.39 is 5.97 Å². The van der Waals surface area contributed by atoms with E-state index in [2.05, 4.69) is 4.99 Å². The number of aromatic carboxylic acids is 1. The second-order valence-electron chi connectivity index (χ2n) is 6.05. The molecule has 148 valence electrons. The minimum atomic E-state index is -0.962. The second kappa shape index (κ2) is 9.45. The van der Waals surface area contributed by atoms with Crippen LogP contribution in [0.25, 0.3) is 0 Å². The predicted molar refractivity (Wildman–Crippen MR) is 114 cm³/mol. The highest BCUT2D eigenvalue weighted by Crippen LogP contribution is 2.30. The van der Waals surface area contributed by atoms with Crippen molar-refractivity contribution < 1.29 is 19.4 Å². The van der Waals surface area contributed by atoms with E-state index in [0.717, 1.165) is 11.1 Å². The number of methoxy groups -OCH3 is 1. The molecule has 3 aromatic carbocycles. The molecular formula is C22H17Cl2NO4. The van der Waals surface area contributed by atoms with Crippen molar-refractivity contribution in [2.24, 2.45) is 4.99 Å². The number of aliphatic imine (C=N–C) groups is 1. The lowest BCUT2D eigenvalue weighted by Gasteiger charge is -2.11. The molecule has 0 saturated heterocycles. The normalized spacial score (nSPS) is 10.9. The van der Waals surface area contributed by atoms with Gasteiger partial charge in [-0.2, -0.15) is 0 Å². The maximum atomic E-state index is 10.9. The number of ether oxygens (including phenoxy) is 2. The minimum absolute atomic E-state index is 0.232. The maximum absolute atomic E-state index is 10.9. The van der Waals surface area contributed by atoms with Crippen molar-refractivity contribution in [3.05, 3.63) is 87.4 Å². The third kappa shape index (κ3) is 5.50. The fourth-order valence-electron chi connectivity index (χ4n) is 2.52. The Labute approximate surface area is 178 Å². The number of halogens is 2. The summed E-state index contributed by atoms with van der Waals surface area (Å²) in [7, 11) is 1.56. The second-order valence-corrected chi connectivity index (χ2v) is 6.90. The summed E-state index contributed by atoms with van der Waals surface area (Å²) < 4.78 is 11.2. The van der Waals surface area contributed by atoms with Gasteiger partial charge in [0.25, 0.3) is 0 Å². The number of hydrogen-bond acceptors (Lipinski definition) is 4. The first kappa shape index (κ1) is 20.7. The Balaban J connectivity index is 1.71. The lowest BCUT2D eigenvalue weighted by Crippen LogP contribution is -2.00. The molecule has 3 rings (SSSR count). The van der Waals surface area contributed by atoms with E-state index in [-0.39, 0.29) is 12.2 Å². The average molecular weight is 430 g/mol. The SMILES string of the molecule is COc1cc(C=Nc2ccc(Cl)cc2Cl)ccc1OCc1ccc(C(=O)O)cc1. The molecule has 0 aliphatic heterocycles.